The van der Waals surface area contributed by atoms with Gasteiger partial charge < -0.3 is 10.4 Å². The number of anilines is 1. The summed E-state index contributed by atoms with van der Waals surface area (Å²) in [4.78, 5) is 18.9. The molecule has 88 valence electrons. The van der Waals surface area contributed by atoms with Crippen LogP contribution in [0.3, 0.4) is 0 Å². The van der Waals surface area contributed by atoms with Gasteiger partial charge in [0, 0.05) is 30.7 Å². The van der Waals surface area contributed by atoms with Gasteiger partial charge in [-0.1, -0.05) is 0 Å². The molecule has 0 amide bonds. The van der Waals surface area contributed by atoms with Crippen LogP contribution in [0.1, 0.15) is 16.1 Å². The predicted molar refractivity (Wildman–Crippen MR) is 65.5 cm³/mol. The maximum atomic E-state index is 10.9. The van der Waals surface area contributed by atoms with Gasteiger partial charge in [-0.05, 0) is 6.07 Å². The summed E-state index contributed by atoms with van der Waals surface area (Å²) in [6, 6.07) is 1.66. The number of hydrogen-bond donors (Lipinski definition) is 2. The van der Waals surface area contributed by atoms with Crippen LogP contribution in [0.25, 0.3) is 0 Å². The summed E-state index contributed by atoms with van der Waals surface area (Å²) >= 11 is 1.55. The number of thiazole rings is 1. The first kappa shape index (κ1) is 11.5. The minimum absolute atomic E-state index is 0.186. The maximum absolute atomic E-state index is 10.9. The fourth-order valence-electron chi connectivity index (χ4n) is 1.41. The van der Waals surface area contributed by atoms with E-state index in [1.54, 1.807) is 29.1 Å². The average Bonchev–Trinajstić information content (AvgIpc) is 2.82. The van der Waals surface area contributed by atoms with Gasteiger partial charge >= 0.3 is 5.97 Å². The summed E-state index contributed by atoms with van der Waals surface area (Å²) < 4.78 is 0. The molecule has 2 N–H and O–H groups in total. The standard InChI is InChI=1S/C11H11N3O2S/c15-11(16)9-5-12-3-2-10(9)13-4-1-8-6-17-7-14-8/h2-3,5-7H,1,4H2,(H,12,13)(H,15,16). The van der Waals surface area contributed by atoms with E-state index in [-0.39, 0.29) is 5.56 Å². The number of rotatable bonds is 5. The van der Waals surface area contributed by atoms with E-state index in [4.69, 9.17) is 5.11 Å². The molecule has 0 aliphatic rings. The molecule has 0 saturated heterocycles. The van der Waals surface area contributed by atoms with Crippen LogP contribution in [0.15, 0.2) is 29.4 Å². The first-order valence-electron chi connectivity index (χ1n) is 5.05. The summed E-state index contributed by atoms with van der Waals surface area (Å²) in [5, 5.41) is 14.0. The molecule has 0 atom stereocenters. The van der Waals surface area contributed by atoms with Gasteiger partial charge in [0.05, 0.1) is 16.9 Å². The van der Waals surface area contributed by atoms with Crippen LogP contribution in [-0.2, 0) is 6.42 Å². The summed E-state index contributed by atoms with van der Waals surface area (Å²) in [7, 11) is 0. The number of nitrogens with zero attached hydrogens (tertiary/aromatic N) is 2. The third-order valence-electron chi connectivity index (χ3n) is 2.23. The van der Waals surface area contributed by atoms with Crippen molar-refractivity contribution in [2.45, 2.75) is 6.42 Å². The van der Waals surface area contributed by atoms with Crippen LogP contribution in [0.4, 0.5) is 5.69 Å². The molecule has 0 radical (unpaired) electrons. The van der Waals surface area contributed by atoms with Crippen molar-refractivity contribution in [2.75, 3.05) is 11.9 Å². The van der Waals surface area contributed by atoms with E-state index in [2.05, 4.69) is 15.3 Å². The lowest BCUT2D eigenvalue weighted by molar-refractivity contribution is 0.0697. The molecule has 2 heterocycles. The van der Waals surface area contributed by atoms with E-state index < -0.39 is 5.97 Å². The Morgan fingerprint density at radius 1 is 1.53 bits per heavy atom. The average molecular weight is 249 g/mol. The second-order valence-electron chi connectivity index (χ2n) is 3.38. The van der Waals surface area contributed by atoms with Crippen LogP contribution >= 0.6 is 11.3 Å². The number of nitrogens with one attached hydrogen (secondary N) is 1. The summed E-state index contributed by atoms with van der Waals surface area (Å²) in [6.07, 6.45) is 3.68. The number of carboxylic acids is 1. The molecule has 6 heteroatoms. The number of aromatic carboxylic acids is 1. The lowest BCUT2D eigenvalue weighted by atomic mass is 10.2. The lowest BCUT2D eigenvalue weighted by Gasteiger charge is -2.07. The topological polar surface area (TPSA) is 75.1 Å². The minimum Gasteiger partial charge on any atom is -0.478 e. The third-order valence-corrected chi connectivity index (χ3v) is 2.87. The number of hydrogen-bond acceptors (Lipinski definition) is 5. The van der Waals surface area contributed by atoms with Crippen molar-refractivity contribution in [2.24, 2.45) is 0 Å². The van der Waals surface area contributed by atoms with Gasteiger partial charge in [-0.25, -0.2) is 9.78 Å². The van der Waals surface area contributed by atoms with Gasteiger partial charge in [0.2, 0.25) is 0 Å². The fraction of sp³-hybridized carbons (Fsp3) is 0.182. The molecule has 0 aliphatic heterocycles. The highest BCUT2D eigenvalue weighted by Crippen LogP contribution is 2.13. The van der Waals surface area contributed by atoms with Crippen molar-refractivity contribution < 1.29 is 9.90 Å². The highest BCUT2D eigenvalue weighted by atomic mass is 32.1. The molecule has 0 bridgehead atoms. The Hall–Kier alpha value is -1.95. The van der Waals surface area contributed by atoms with E-state index in [9.17, 15) is 4.79 Å². The van der Waals surface area contributed by atoms with E-state index in [1.165, 1.54) is 6.20 Å². The van der Waals surface area contributed by atoms with Gasteiger partial charge in [-0.3, -0.25) is 4.98 Å². The Bertz CT molecular complexity index is 499. The summed E-state index contributed by atoms with van der Waals surface area (Å²) in [6.45, 7) is 0.647. The Labute approximate surface area is 102 Å². The Kier molecular flexibility index (Phi) is 3.66. The molecular formula is C11H11N3O2S. The molecule has 0 unspecified atom stereocenters. The molecule has 0 aliphatic carbocycles. The van der Waals surface area contributed by atoms with Crippen LogP contribution in [0, 0.1) is 0 Å². The highest BCUT2D eigenvalue weighted by molar-refractivity contribution is 7.07. The first-order valence-corrected chi connectivity index (χ1v) is 6.00. The molecule has 0 aromatic carbocycles. The van der Waals surface area contributed by atoms with Gasteiger partial charge in [0.1, 0.15) is 5.56 Å². The van der Waals surface area contributed by atoms with Gasteiger partial charge in [-0.2, -0.15) is 0 Å². The van der Waals surface area contributed by atoms with Crippen LogP contribution in [0.5, 0.6) is 0 Å². The Morgan fingerprint density at radius 2 is 2.41 bits per heavy atom. The van der Waals surface area contributed by atoms with E-state index in [0.717, 1.165) is 12.1 Å². The molecule has 0 saturated carbocycles. The zero-order valence-corrected chi connectivity index (χ0v) is 9.78. The summed E-state index contributed by atoms with van der Waals surface area (Å²) in [5.41, 5.74) is 3.56. The van der Waals surface area contributed by atoms with Crippen molar-refractivity contribution in [1.82, 2.24) is 9.97 Å². The molecule has 0 fully saturated rings. The molecule has 17 heavy (non-hydrogen) atoms. The van der Waals surface area contributed by atoms with Crippen molar-refractivity contribution in [1.29, 1.82) is 0 Å². The Morgan fingerprint density at radius 3 is 3.12 bits per heavy atom. The largest absolute Gasteiger partial charge is 0.478 e. The quantitative estimate of drug-likeness (QED) is 0.846. The normalized spacial score (nSPS) is 10.1. The van der Waals surface area contributed by atoms with Gasteiger partial charge in [0.25, 0.3) is 0 Å². The first-order chi connectivity index (χ1) is 8.27. The predicted octanol–water partition coefficient (Wildman–Crippen LogP) is 1.89. The highest BCUT2D eigenvalue weighted by Gasteiger charge is 2.08. The molecular weight excluding hydrogens is 238 g/mol. The maximum Gasteiger partial charge on any atom is 0.339 e. The van der Waals surface area contributed by atoms with Gasteiger partial charge in [-0.15, -0.1) is 11.3 Å². The van der Waals surface area contributed by atoms with Crippen LogP contribution in [0.2, 0.25) is 0 Å². The lowest BCUT2D eigenvalue weighted by Crippen LogP contribution is -2.09. The SMILES string of the molecule is O=C(O)c1cnccc1NCCc1cscn1. The zero-order chi connectivity index (χ0) is 12.1. The third kappa shape index (κ3) is 3.01. The molecule has 2 aromatic rings. The minimum atomic E-state index is -0.978. The van der Waals surface area contributed by atoms with Crippen molar-refractivity contribution in [3.05, 3.63) is 40.6 Å². The monoisotopic (exact) mass is 249 g/mol. The van der Waals surface area contributed by atoms with Crippen LogP contribution < -0.4 is 5.32 Å². The van der Waals surface area contributed by atoms with Crippen LogP contribution in [-0.4, -0.2) is 27.6 Å². The second kappa shape index (κ2) is 5.40. The zero-order valence-electron chi connectivity index (χ0n) is 8.96. The van der Waals surface area contributed by atoms with E-state index in [0.29, 0.717) is 12.2 Å². The number of carboxylic acid groups (broad SMARTS) is 1. The smallest absolute Gasteiger partial charge is 0.339 e. The van der Waals surface area contributed by atoms with E-state index >= 15 is 0 Å². The summed E-state index contributed by atoms with van der Waals surface area (Å²) in [5.74, 6) is -0.978. The number of carbonyl (C=O) groups is 1. The molecule has 2 aromatic heterocycles. The molecule has 2 rings (SSSR count). The van der Waals surface area contributed by atoms with Crippen molar-refractivity contribution in [3.8, 4) is 0 Å². The second-order valence-corrected chi connectivity index (χ2v) is 4.10. The number of pyridine rings is 1. The van der Waals surface area contributed by atoms with Gasteiger partial charge in [0.15, 0.2) is 0 Å². The Balaban J connectivity index is 1.97. The molecule has 0 spiro atoms. The fourth-order valence-corrected chi connectivity index (χ4v) is 2.00. The number of aromatic nitrogens is 2. The van der Waals surface area contributed by atoms with Crippen molar-refractivity contribution >= 4 is 23.0 Å². The van der Waals surface area contributed by atoms with E-state index in [1.807, 2.05) is 5.38 Å². The molecule has 5 nitrogen and oxygen atoms in total. The van der Waals surface area contributed by atoms with Crippen molar-refractivity contribution in [3.63, 3.8) is 0 Å².